The van der Waals surface area contributed by atoms with Gasteiger partial charge in [0.15, 0.2) is 0 Å². The molecule has 0 atom stereocenters. The first-order valence-electron chi connectivity index (χ1n) is 6.96. The van der Waals surface area contributed by atoms with E-state index in [1.807, 2.05) is 0 Å². The SMILES string of the molecule is O=C1O[N+]1(C1CCCCC1)C1CCCCC1. The topological polar surface area (TPSA) is 29.6 Å². The molecular formula is C13H22NO2+. The first-order valence-corrected chi connectivity index (χ1v) is 6.96. The lowest BCUT2D eigenvalue weighted by molar-refractivity contribution is -0.943. The first-order chi connectivity index (χ1) is 7.84. The van der Waals surface area contributed by atoms with Gasteiger partial charge < -0.3 is 0 Å². The van der Waals surface area contributed by atoms with E-state index in [-0.39, 0.29) is 6.09 Å². The maximum atomic E-state index is 11.8. The molecule has 0 aromatic heterocycles. The Balaban J connectivity index is 1.74. The van der Waals surface area contributed by atoms with Crippen molar-refractivity contribution in [3.63, 3.8) is 0 Å². The molecule has 0 bridgehead atoms. The number of quaternary nitrogens is 1. The fourth-order valence-electron chi connectivity index (χ4n) is 3.78. The summed E-state index contributed by atoms with van der Waals surface area (Å²) in [7, 11) is 0. The van der Waals surface area contributed by atoms with Crippen molar-refractivity contribution >= 4 is 6.09 Å². The molecule has 0 spiro atoms. The van der Waals surface area contributed by atoms with Crippen LogP contribution >= 0.6 is 0 Å². The van der Waals surface area contributed by atoms with E-state index in [0.717, 1.165) is 0 Å². The summed E-state index contributed by atoms with van der Waals surface area (Å²) in [6.07, 6.45) is 12.7. The Hall–Kier alpha value is -0.570. The third-order valence-electron chi connectivity index (χ3n) is 4.72. The average molecular weight is 224 g/mol. The number of carbonyl (C=O) groups excluding carboxylic acids is 1. The van der Waals surface area contributed by atoms with E-state index in [9.17, 15) is 4.79 Å². The lowest BCUT2D eigenvalue weighted by atomic mass is 9.89. The molecule has 16 heavy (non-hydrogen) atoms. The molecule has 0 radical (unpaired) electrons. The van der Waals surface area contributed by atoms with E-state index < -0.39 is 0 Å². The molecule has 3 fully saturated rings. The summed E-state index contributed by atoms with van der Waals surface area (Å²) < 4.78 is 0.431. The largest absolute Gasteiger partial charge is 0.610 e. The van der Waals surface area contributed by atoms with Crippen molar-refractivity contribution in [2.75, 3.05) is 0 Å². The molecule has 2 saturated carbocycles. The minimum atomic E-state index is 0.0683. The highest BCUT2D eigenvalue weighted by Crippen LogP contribution is 2.45. The number of carbonyl (C=O) groups is 1. The van der Waals surface area contributed by atoms with Crippen LogP contribution in [-0.2, 0) is 4.84 Å². The predicted octanol–water partition coefficient (Wildman–Crippen LogP) is 3.53. The van der Waals surface area contributed by atoms with E-state index in [0.29, 0.717) is 16.7 Å². The van der Waals surface area contributed by atoms with Crippen molar-refractivity contribution < 1.29 is 14.3 Å². The van der Waals surface area contributed by atoms with Crippen molar-refractivity contribution in [1.29, 1.82) is 0 Å². The summed E-state index contributed by atoms with van der Waals surface area (Å²) in [4.78, 5) is 17.2. The standard InChI is InChI=1S/C13H22NO2/c15-13-14(16-13,11-7-3-1-4-8-11)12-9-5-2-6-10-12/h11-12H,1-10H2/q+1. The molecule has 0 aromatic rings. The van der Waals surface area contributed by atoms with Crippen molar-refractivity contribution in [2.24, 2.45) is 0 Å². The Kier molecular flexibility index (Phi) is 2.66. The highest BCUT2D eigenvalue weighted by atomic mass is 16.9. The third kappa shape index (κ3) is 1.56. The molecule has 1 saturated heterocycles. The summed E-state index contributed by atoms with van der Waals surface area (Å²) >= 11 is 0. The summed E-state index contributed by atoms with van der Waals surface area (Å²) in [5.74, 6) is 0. The van der Waals surface area contributed by atoms with Crippen LogP contribution in [0.25, 0.3) is 0 Å². The predicted molar refractivity (Wildman–Crippen MR) is 60.5 cm³/mol. The average Bonchev–Trinajstić information content (AvgIpc) is 3.05. The van der Waals surface area contributed by atoms with Gasteiger partial charge >= 0.3 is 6.09 Å². The highest BCUT2D eigenvalue weighted by molar-refractivity contribution is 5.67. The van der Waals surface area contributed by atoms with Crippen LogP contribution in [0.1, 0.15) is 64.2 Å². The molecule has 2 aliphatic carbocycles. The van der Waals surface area contributed by atoms with Crippen molar-refractivity contribution in [3.05, 3.63) is 0 Å². The Morgan fingerprint density at radius 2 is 1.19 bits per heavy atom. The molecule has 3 nitrogen and oxygen atoms in total. The van der Waals surface area contributed by atoms with E-state index >= 15 is 0 Å². The second kappa shape index (κ2) is 4.02. The lowest BCUT2D eigenvalue weighted by Crippen LogP contribution is -2.48. The van der Waals surface area contributed by atoms with Crippen LogP contribution in [-0.4, -0.2) is 22.8 Å². The molecule has 1 heterocycles. The molecule has 0 aromatic carbocycles. The monoisotopic (exact) mass is 224 g/mol. The van der Waals surface area contributed by atoms with Crippen molar-refractivity contribution in [1.82, 2.24) is 0 Å². The van der Waals surface area contributed by atoms with Crippen LogP contribution in [0.5, 0.6) is 0 Å². The molecule has 90 valence electrons. The number of nitrogens with zero attached hydrogens (tertiary/aromatic N) is 1. The molecular weight excluding hydrogens is 202 g/mol. The first kappa shape index (κ1) is 10.6. The van der Waals surface area contributed by atoms with Crippen molar-refractivity contribution in [3.8, 4) is 0 Å². The maximum Gasteiger partial charge on any atom is 0.610 e. The van der Waals surface area contributed by atoms with E-state index in [1.54, 1.807) is 0 Å². The summed E-state index contributed by atoms with van der Waals surface area (Å²) in [5.41, 5.74) is 0. The van der Waals surface area contributed by atoms with E-state index in [4.69, 9.17) is 4.84 Å². The van der Waals surface area contributed by atoms with Gasteiger partial charge in [-0.05, 0) is 30.3 Å². The quantitative estimate of drug-likeness (QED) is 0.530. The zero-order chi connectivity index (χ0) is 11.0. The number of rotatable bonds is 2. The Bertz CT molecular complexity index is 260. The second-order valence-corrected chi connectivity index (χ2v) is 5.65. The summed E-state index contributed by atoms with van der Waals surface area (Å²) in [6.45, 7) is 0. The minimum Gasteiger partial charge on any atom is -0.200 e. The molecule has 1 aliphatic heterocycles. The van der Waals surface area contributed by atoms with Gasteiger partial charge in [0.05, 0.1) is 0 Å². The Morgan fingerprint density at radius 1 is 0.812 bits per heavy atom. The lowest BCUT2D eigenvalue weighted by Gasteiger charge is -2.31. The van der Waals surface area contributed by atoms with Crippen LogP contribution in [0.4, 0.5) is 4.79 Å². The van der Waals surface area contributed by atoms with Crippen LogP contribution < -0.4 is 0 Å². The summed E-state index contributed by atoms with van der Waals surface area (Å²) in [6, 6.07) is 0.980. The van der Waals surface area contributed by atoms with Gasteiger partial charge in [-0.1, -0.05) is 12.8 Å². The van der Waals surface area contributed by atoms with Gasteiger partial charge in [0.1, 0.15) is 12.1 Å². The molecule has 3 rings (SSSR count). The number of hydrogen-bond donors (Lipinski definition) is 0. The smallest absolute Gasteiger partial charge is 0.200 e. The fourth-order valence-corrected chi connectivity index (χ4v) is 3.78. The molecule has 3 heteroatoms. The van der Waals surface area contributed by atoms with E-state index in [2.05, 4.69) is 0 Å². The van der Waals surface area contributed by atoms with Gasteiger partial charge in [0, 0.05) is 25.7 Å². The van der Waals surface area contributed by atoms with Gasteiger partial charge in [-0.15, -0.1) is 0 Å². The van der Waals surface area contributed by atoms with Gasteiger partial charge in [0.25, 0.3) is 0 Å². The van der Waals surface area contributed by atoms with Gasteiger partial charge in [-0.3, -0.25) is 0 Å². The molecule has 0 unspecified atom stereocenters. The van der Waals surface area contributed by atoms with Crippen LogP contribution in [0.3, 0.4) is 0 Å². The van der Waals surface area contributed by atoms with Crippen LogP contribution in [0.2, 0.25) is 0 Å². The number of amides is 1. The van der Waals surface area contributed by atoms with Gasteiger partial charge in [-0.25, -0.2) is 4.84 Å². The minimum absolute atomic E-state index is 0.0683. The molecule has 0 N–H and O–H groups in total. The Labute approximate surface area is 97.3 Å². The van der Waals surface area contributed by atoms with Gasteiger partial charge in [-0.2, -0.15) is 4.79 Å². The summed E-state index contributed by atoms with van der Waals surface area (Å²) in [5, 5.41) is 0. The zero-order valence-corrected chi connectivity index (χ0v) is 9.99. The Morgan fingerprint density at radius 3 is 1.50 bits per heavy atom. The normalized spacial score (nSPS) is 31.1. The zero-order valence-electron chi connectivity index (χ0n) is 9.99. The van der Waals surface area contributed by atoms with Crippen molar-refractivity contribution in [2.45, 2.75) is 76.3 Å². The maximum absolute atomic E-state index is 11.8. The fraction of sp³-hybridized carbons (Fsp3) is 0.923. The number of hydroxylamine groups is 3. The number of hydrogen-bond acceptors (Lipinski definition) is 2. The third-order valence-corrected chi connectivity index (χ3v) is 4.72. The second-order valence-electron chi connectivity index (χ2n) is 5.65. The molecule has 3 aliphatic rings. The van der Waals surface area contributed by atoms with Gasteiger partial charge in [0.2, 0.25) is 0 Å². The molecule has 1 amide bonds. The van der Waals surface area contributed by atoms with E-state index in [1.165, 1.54) is 64.2 Å². The highest BCUT2D eigenvalue weighted by Gasteiger charge is 2.70. The van der Waals surface area contributed by atoms with Crippen LogP contribution in [0, 0.1) is 0 Å². The van der Waals surface area contributed by atoms with Crippen LogP contribution in [0.15, 0.2) is 0 Å².